The number of fused-ring (bicyclic) bond motifs is 1. The third-order valence-electron chi connectivity index (χ3n) is 6.48. The molecule has 6 nitrogen and oxygen atoms in total. The SMILES string of the molecule is Cc1ccc(NC(=O)CN2C(=O)S/C(=C/c3cc(Cl)c(OCc4ccc5ccccc5c4)c(Cl)c3)C2=O)cc1C. The first-order valence-electron chi connectivity index (χ1n) is 12.4. The molecule has 4 aromatic rings. The molecule has 0 spiro atoms. The van der Waals surface area contributed by atoms with Gasteiger partial charge in [0, 0.05) is 5.69 Å². The Morgan fingerprint density at radius 1 is 0.925 bits per heavy atom. The highest BCUT2D eigenvalue weighted by Crippen LogP contribution is 2.38. The summed E-state index contributed by atoms with van der Waals surface area (Å²) in [5, 5.41) is 4.99. The van der Waals surface area contributed by atoms with Crippen molar-refractivity contribution in [3.63, 3.8) is 0 Å². The van der Waals surface area contributed by atoms with E-state index in [1.165, 1.54) is 6.08 Å². The van der Waals surface area contributed by atoms with Crippen molar-refractivity contribution < 1.29 is 19.1 Å². The summed E-state index contributed by atoms with van der Waals surface area (Å²) in [6.07, 6.45) is 1.52. The van der Waals surface area contributed by atoms with Crippen LogP contribution in [0.2, 0.25) is 10.0 Å². The first-order valence-corrected chi connectivity index (χ1v) is 14.0. The molecule has 1 aliphatic heterocycles. The van der Waals surface area contributed by atoms with Gasteiger partial charge >= 0.3 is 0 Å². The van der Waals surface area contributed by atoms with Crippen molar-refractivity contribution in [3.05, 3.63) is 110 Å². The summed E-state index contributed by atoms with van der Waals surface area (Å²) in [7, 11) is 0. The van der Waals surface area contributed by atoms with Crippen molar-refractivity contribution in [1.82, 2.24) is 4.90 Å². The van der Waals surface area contributed by atoms with Crippen molar-refractivity contribution in [2.24, 2.45) is 0 Å². The van der Waals surface area contributed by atoms with Crippen LogP contribution >= 0.6 is 35.0 Å². The van der Waals surface area contributed by atoms with Gasteiger partial charge in [0.05, 0.1) is 15.0 Å². The zero-order valence-corrected chi connectivity index (χ0v) is 24.0. The summed E-state index contributed by atoms with van der Waals surface area (Å²) < 4.78 is 5.93. The van der Waals surface area contributed by atoms with Crippen LogP contribution in [0.15, 0.2) is 77.7 Å². The number of nitrogens with zero attached hydrogens (tertiary/aromatic N) is 1. The van der Waals surface area contributed by atoms with Gasteiger partial charge in [0.2, 0.25) is 5.91 Å². The van der Waals surface area contributed by atoms with E-state index in [4.69, 9.17) is 27.9 Å². The van der Waals surface area contributed by atoms with Crippen LogP contribution in [0, 0.1) is 13.8 Å². The Kier molecular flexibility index (Phi) is 8.17. The second kappa shape index (κ2) is 11.8. The minimum Gasteiger partial charge on any atom is -0.486 e. The number of amides is 3. The average molecular weight is 592 g/mol. The Morgan fingerprint density at radius 2 is 1.65 bits per heavy atom. The molecule has 0 aromatic heterocycles. The molecule has 0 radical (unpaired) electrons. The van der Waals surface area contributed by atoms with Gasteiger partial charge in [-0.25, -0.2) is 0 Å². The molecule has 40 heavy (non-hydrogen) atoms. The molecule has 0 atom stereocenters. The minimum atomic E-state index is -0.561. The summed E-state index contributed by atoms with van der Waals surface area (Å²) in [6, 6.07) is 22.8. The van der Waals surface area contributed by atoms with E-state index in [1.807, 2.05) is 68.4 Å². The molecule has 5 rings (SSSR count). The molecule has 0 unspecified atom stereocenters. The lowest BCUT2D eigenvalue weighted by Crippen LogP contribution is -2.36. The van der Waals surface area contributed by atoms with Crippen LogP contribution in [0.3, 0.4) is 0 Å². The van der Waals surface area contributed by atoms with E-state index in [1.54, 1.807) is 18.2 Å². The Bertz CT molecular complexity index is 1680. The number of rotatable bonds is 7. The molecular weight excluding hydrogens is 567 g/mol. The van der Waals surface area contributed by atoms with E-state index in [2.05, 4.69) is 5.32 Å². The number of benzene rings is 4. The summed E-state index contributed by atoms with van der Waals surface area (Å²) >= 11 is 13.7. The molecular formula is C31H24Cl2N2O4S. The van der Waals surface area contributed by atoms with Gasteiger partial charge in [0.15, 0.2) is 5.75 Å². The smallest absolute Gasteiger partial charge is 0.294 e. The van der Waals surface area contributed by atoms with Crippen molar-refractivity contribution in [1.29, 1.82) is 0 Å². The second-order valence-electron chi connectivity index (χ2n) is 9.40. The van der Waals surface area contributed by atoms with E-state index in [0.717, 1.165) is 44.1 Å². The number of hydrogen-bond acceptors (Lipinski definition) is 5. The Morgan fingerprint density at radius 3 is 2.38 bits per heavy atom. The molecule has 202 valence electrons. The van der Waals surface area contributed by atoms with Crippen molar-refractivity contribution in [2.75, 3.05) is 11.9 Å². The molecule has 0 saturated carbocycles. The highest BCUT2D eigenvalue weighted by Gasteiger charge is 2.36. The Balaban J connectivity index is 1.25. The van der Waals surface area contributed by atoms with Crippen LogP contribution in [0.4, 0.5) is 10.5 Å². The average Bonchev–Trinajstić information content (AvgIpc) is 3.17. The first kappa shape index (κ1) is 27.8. The van der Waals surface area contributed by atoms with Crippen LogP contribution in [0.25, 0.3) is 16.8 Å². The van der Waals surface area contributed by atoms with E-state index < -0.39 is 23.6 Å². The topological polar surface area (TPSA) is 75.7 Å². The molecule has 0 bridgehead atoms. The maximum atomic E-state index is 12.9. The van der Waals surface area contributed by atoms with E-state index in [-0.39, 0.29) is 21.6 Å². The van der Waals surface area contributed by atoms with Crippen LogP contribution < -0.4 is 10.1 Å². The number of nitrogens with one attached hydrogen (secondary N) is 1. The maximum Gasteiger partial charge on any atom is 0.294 e. The number of carbonyl (C=O) groups excluding carboxylic acids is 3. The minimum absolute atomic E-state index is 0.168. The van der Waals surface area contributed by atoms with Gasteiger partial charge in [-0.05, 0) is 95.0 Å². The molecule has 9 heteroatoms. The number of ether oxygens (including phenoxy) is 1. The fraction of sp³-hybridized carbons (Fsp3) is 0.129. The molecule has 0 aliphatic carbocycles. The standard InChI is InChI=1S/C31H24Cl2N2O4S/c1-18-7-10-24(11-19(18)2)34-28(36)16-35-30(37)27(40-31(35)38)15-21-13-25(32)29(26(33)14-21)39-17-20-8-9-22-5-3-4-6-23(22)12-20/h3-15H,16-17H2,1-2H3,(H,34,36)/b27-15+. The molecule has 1 saturated heterocycles. The van der Waals surface area contributed by atoms with Gasteiger partial charge in [-0.1, -0.05) is 65.7 Å². The number of aryl methyl sites for hydroxylation is 2. The number of anilines is 1. The molecule has 1 aliphatic rings. The molecule has 1 heterocycles. The summed E-state index contributed by atoms with van der Waals surface area (Å²) in [5.41, 5.74) is 4.21. The Labute approximate surface area is 245 Å². The van der Waals surface area contributed by atoms with Gasteiger partial charge in [-0.3, -0.25) is 19.3 Å². The van der Waals surface area contributed by atoms with Gasteiger partial charge < -0.3 is 10.1 Å². The van der Waals surface area contributed by atoms with Crippen LogP contribution in [-0.4, -0.2) is 28.5 Å². The van der Waals surface area contributed by atoms with Gasteiger partial charge in [0.1, 0.15) is 13.2 Å². The number of imide groups is 1. The third-order valence-corrected chi connectivity index (χ3v) is 7.95. The lowest BCUT2D eigenvalue weighted by atomic mass is 10.1. The van der Waals surface area contributed by atoms with Crippen LogP contribution in [0.1, 0.15) is 22.3 Å². The monoisotopic (exact) mass is 590 g/mol. The summed E-state index contributed by atoms with van der Waals surface area (Å²) in [4.78, 5) is 39.1. The van der Waals surface area contributed by atoms with E-state index in [9.17, 15) is 14.4 Å². The molecule has 1 N–H and O–H groups in total. The summed E-state index contributed by atoms with van der Waals surface area (Å²) in [5.74, 6) is -0.704. The maximum absolute atomic E-state index is 12.9. The normalized spacial score (nSPS) is 14.3. The second-order valence-corrected chi connectivity index (χ2v) is 11.2. The number of carbonyl (C=O) groups is 3. The lowest BCUT2D eigenvalue weighted by Gasteiger charge is -2.13. The lowest BCUT2D eigenvalue weighted by molar-refractivity contribution is -0.127. The zero-order chi connectivity index (χ0) is 28.4. The predicted octanol–water partition coefficient (Wildman–Crippen LogP) is 8.02. The van der Waals surface area contributed by atoms with E-state index in [0.29, 0.717) is 17.0 Å². The Hall–Kier alpha value is -3.78. The third kappa shape index (κ3) is 6.17. The molecule has 1 fully saturated rings. The predicted molar refractivity (Wildman–Crippen MR) is 162 cm³/mol. The van der Waals surface area contributed by atoms with Gasteiger partial charge in [-0.15, -0.1) is 0 Å². The fourth-order valence-corrected chi connectivity index (χ4v) is 5.69. The van der Waals surface area contributed by atoms with E-state index >= 15 is 0 Å². The number of hydrogen-bond donors (Lipinski definition) is 1. The largest absolute Gasteiger partial charge is 0.486 e. The highest BCUT2D eigenvalue weighted by molar-refractivity contribution is 8.18. The van der Waals surface area contributed by atoms with Crippen molar-refractivity contribution in [2.45, 2.75) is 20.5 Å². The zero-order valence-electron chi connectivity index (χ0n) is 21.7. The van der Waals surface area contributed by atoms with Crippen LogP contribution in [-0.2, 0) is 16.2 Å². The number of halogens is 2. The highest BCUT2D eigenvalue weighted by atomic mass is 35.5. The molecule has 3 amide bonds. The molecule has 4 aromatic carbocycles. The van der Waals surface area contributed by atoms with Crippen molar-refractivity contribution in [3.8, 4) is 5.75 Å². The van der Waals surface area contributed by atoms with Gasteiger partial charge in [0.25, 0.3) is 11.1 Å². The first-order chi connectivity index (χ1) is 19.2. The fourth-order valence-electron chi connectivity index (χ4n) is 4.24. The van der Waals surface area contributed by atoms with Gasteiger partial charge in [-0.2, -0.15) is 0 Å². The summed E-state index contributed by atoms with van der Waals surface area (Å²) in [6.45, 7) is 3.79. The quantitative estimate of drug-likeness (QED) is 0.220. The van der Waals surface area contributed by atoms with Crippen LogP contribution in [0.5, 0.6) is 5.75 Å². The number of thioether (sulfide) groups is 1. The van der Waals surface area contributed by atoms with Crippen molar-refractivity contribution >= 4 is 74.6 Å².